The number of esters is 2. The van der Waals surface area contributed by atoms with Crippen molar-refractivity contribution < 1.29 is 61.4 Å². The second kappa shape index (κ2) is 45.3. The molecule has 3 aromatic carbocycles. The van der Waals surface area contributed by atoms with E-state index < -0.39 is 80.3 Å². The van der Waals surface area contributed by atoms with Crippen LogP contribution in [0.3, 0.4) is 0 Å². The molecule has 1 heterocycles. The molecule has 0 bridgehead atoms. The Bertz CT molecular complexity index is 2240. The van der Waals surface area contributed by atoms with Gasteiger partial charge in [0, 0.05) is 5.54 Å². The van der Waals surface area contributed by atoms with Gasteiger partial charge in [-0.15, -0.1) is 0 Å². The molecule has 1 aliphatic heterocycles. The molecule has 0 unspecified atom stereocenters. The summed E-state index contributed by atoms with van der Waals surface area (Å²) >= 11 is 0. The van der Waals surface area contributed by atoms with Crippen LogP contribution >= 0.6 is 7.82 Å². The third-order valence-corrected chi connectivity index (χ3v) is 17.6. The number of phosphoric acid groups is 1. The number of benzene rings is 3. The minimum atomic E-state index is -4.82. The molecule has 490 valence electrons. The summed E-state index contributed by atoms with van der Waals surface area (Å²) in [6.45, 7) is 9.33. The van der Waals surface area contributed by atoms with Gasteiger partial charge in [0.25, 0.3) is 0 Å². The predicted molar refractivity (Wildman–Crippen MR) is 346 cm³/mol. The zero-order chi connectivity index (χ0) is 62.6. The Morgan fingerprint density at radius 2 is 1.00 bits per heavy atom. The molecule has 15 nitrogen and oxygen atoms in total. The maximum Gasteiger partial charge on any atom is 0.588 e. The minimum Gasteiger partial charge on any atom is -0.463 e. The van der Waals surface area contributed by atoms with E-state index >= 15 is 9.36 Å². The van der Waals surface area contributed by atoms with Crippen LogP contribution in [-0.4, -0.2) is 78.3 Å². The van der Waals surface area contributed by atoms with Gasteiger partial charge in [-0.1, -0.05) is 274 Å². The van der Waals surface area contributed by atoms with Crippen molar-refractivity contribution in [2.45, 2.75) is 296 Å². The van der Waals surface area contributed by atoms with Gasteiger partial charge in [0.2, 0.25) is 5.91 Å². The number of nitrogens with one attached hydrogen (secondary N) is 2. The minimum absolute atomic E-state index is 0.0337. The van der Waals surface area contributed by atoms with E-state index in [1.54, 1.807) is 74.5 Å². The summed E-state index contributed by atoms with van der Waals surface area (Å²) in [5, 5.41) is 17.0. The molecule has 0 aromatic heterocycles. The Kier molecular flexibility index (Phi) is 38.8. The molecule has 4 rings (SSSR count). The van der Waals surface area contributed by atoms with E-state index in [9.17, 15) is 19.5 Å². The second-order valence-corrected chi connectivity index (χ2v) is 26.3. The predicted octanol–water partition coefficient (Wildman–Crippen LogP) is 18.0. The molecule has 0 aliphatic carbocycles. The van der Waals surface area contributed by atoms with E-state index in [2.05, 4.69) is 31.4 Å². The molecule has 1 saturated heterocycles. The second-order valence-electron chi connectivity index (χ2n) is 24.8. The Morgan fingerprint density at radius 3 is 1.46 bits per heavy atom. The molecule has 3 N–H and O–H groups in total. The number of phosphoric ester groups is 1. The molecule has 0 saturated carbocycles. The van der Waals surface area contributed by atoms with Gasteiger partial charge in [-0.05, 0) is 62.9 Å². The number of rotatable bonds is 50. The summed E-state index contributed by atoms with van der Waals surface area (Å²) in [4.78, 5) is 56.1. The Balaban J connectivity index is 1.64. The van der Waals surface area contributed by atoms with Gasteiger partial charge in [0.1, 0.15) is 36.9 Å². The fourth-order valence-electron chi connectivity index (χ4n) is 11.1. The molecule has 0 spiro atoms. The highest BCUT2D eigenvalue weighted by Crippen LogP contribution is 2.52. The van der Waals surface area contributed by atoms with E-state index in [1.807, 2.05) is 30.3 Å². The van der Waals surface area contributed by atoms with Gasteiger partial charge < -0.3 is 43.7 Å². The van der Waals surface area contributed by atoms with Crippen molar-refractivity contribution in [3.63, 3.8) is 0 Å². The Labute approximate surface area is 524 Å². The van der Waals surface area contributed by atoms with Crippen molar-refractivity contribution in [3.05, 3.63) is 96.6 Å². The van der Waals surface area contributed by atoms with Gasteiger partial charge in [-0.2, -0.15) is 0 Å². The van der Waals surface area contributed by atoms with E-state index in [0.29, 0.717) is 19.3 Å². The van der Waals surface area contributed by atoms with Gasteiger partial charge >= 0.3 is 25.9 Å². The quantitative estimate of drug-likeness (QED) is 0.0209. The first-order valence-electron chi connectivity index (χ1n) is 33.9. The average molecular weight is 1230 g/mol. The van der Waals surface area contributed by atoms with Gasteiger partial charge in [-0.3, -0.25) is 18.9 Å². The highest BCUT2D eigenvalue weighted by molar-refractivity contribution is 7.49. The molecule has 16 heteroatoms. The van der Waals surface area contributed by atoms with Gasteiger partial charge in [0.15, 0.2) is 6.10 Å². The third kappa shape index (κ3) is 34.0. The average Bonchev–Trinajstić information content (AvgIpc) is 2.66. The number of hydrogen-bond donors (Lipinski definition) is 3. The lowest BCUT2D eigenvalue weighted by atomic mass is 9.93. The number of alkyl carbamates (subject to hydrolysis) is 1. The third-order valence-electron chi connectivity index (χ3n) is 16.2. The molecule has 1 fully saturated rings. The molecule has 0 radical (unpaired) electrons. The van der Waals surface area contributed by atoms with E-state index in [1.165, 1.54) is 109 Å². The van der Waals surface area contributed by atoms with Crippen LogP contribution in [0.1, 0.15) is 258 Å². The lowest BCUT2D eigenvalue weighted by molar-refractivity contribution is -0.195. The number of amides is 2. The summed E-state index contributed by atoms with van der Waals surface area (Å²) in [6, 6.07) is 24.9. The zero-order valence-corrected chi connectivity index (χ0v) is 55.0. The van der Waals surface area contributed by atoms with Crippen LogP contribution < -0.4 is 19.7 Å². The summed E-state index contributed by atoms with van der Waals surface area (Å²) in [7, 11) is -4.82. The van der Waals surface area contributed by atoms with Crippen LogP contribution in [0.25, 0.3) is 0 Å². The number of carbonyl (C=O) groups excluding carboxylic acids is 4. The number of aliphatic hydroxyl groups is 1. The molecule has 1 aliphatic rings. The van der Waals surface area contributed by atoms with Crippen molar-refractivity contribution >= 4 is 31.8 Å². The van der Waals surface area contributed by atoms with Crippen LogP contribution in [0.2, 0.25) is 0 Å². The maximum atomic E-state index is 15.5. The maximum absolute atomic E-state index is 15.5. The van der Waals surface area contributed by atoms with E-state index in [-0.39, 0.29) is 37.6 Å². The number of ether oxygens (including phenoxy) is 4. The molecular formula is C71H113N2O13P. The summed E-state index contributed by atoms with van der Waals surface area (Å²) < 4.78 is 59.0. The van der Waals surface area contributed by atoms with Crippen LogP contribution in [0.5, 0.6) is 11.5 Å². The Morgan fingerprint density at radius 1 is 0.575 bits per heavy atom. The molecule has 3 aromatic rings. The number of unbranched alkanes of at least 4 members (excludes halogenated alkanes) is 26. The lowest BCUT2D eigenvalue weighted by Gasteiger charge is -2.42. The van der Waals surface area contributed by atoms with Crippen LogP contribution in [0.15, 0.2) is 91.0 Å². The normalized spacial score (nSPS) is 16.4. The summed E-state index contributed by atoms with van der Waals surface area (Å²) in [6.07, 6.45) is 28.4. The standard InChI is InChI=1S/C71H113N2O13P/c1-6-9-12-15-18-21-24-26-29-37-46-59(47-38-30-27-25-22-19-16-13-10-7-2)69(77)83-67-63(72-65(75)53-60(74)48-39-31-28-23-20-17-14-11-8-3)56-80-64(57-81-66(76)54-71(4,5)73-70(78)82-55-58-44-35-32-36-45-58)68(67)86-87(79,84-61-49-40-33-41-50-61)85-62-51-42-34-43-52-62/h32-36,40-45,49-52,59-60,63-64,67-68,74H,6-31,37-39,46-48,53-57H2,1-5H3,(H,72,75)(H,73,78)/t60-,63+,64-,67-,68-/m1/s1. The Hall–Kier alpha value is -4.95. The van der Waals surface area contributed by atoms with Crippen LogP contribution in [0.4, 0.5) is 4.79 Å². The summed E-state index contributed by atoms with van der Waals surface area (Å²) in [5.74, 6) is -1.89. The monoisotopic (exact) mass is 1230 g/mol. The first kappa shape index (κ1) is 74.5. The van der Waals surface area contributed by atoms with E-state index in [0.717, 1.165) is 82.6 Å². The highest BCUT2D eigenvalue weighted by atomic mass is 31.2. The fraction of sp³-hybridized carbons (Fsp3) is 0.690. The number of para-hydroxylation sites is 2. The largest absolute Gasteiger partial charge is 0.588 e. The van der Waals surface area contributed by atoms with Crippen molar-refractivity contribution in [3.8, 4) is 11.5 Å². The van der Waals surface area contributed by atoms with Gasteiger partial charge in [0.05, 0.1) is 37.5 Å². The van der Waals surface area contributed by atoms with Crippen LogP contribution in [-0.2, 0) is 49.0 Å². The lowest BCUT2D eigenvalue weighted by Crippen LogP contribution is -2.62. The molecule has 2 amide bonds. The highest BCUT2D eigenvalue weighted by Gasteiger charge is 2.51. The van der Waals surface area contributed by atoms with Crippen molar-refractivity contribution in [1.82, 2.24) is 10.6 Å². The smallest absolute Gasteiger partial charge is 0.463 e. The first-order valence-corrected chi connectivity index (χ1v) is 35.4. The van der Waals surface area contributed by atoms with Crippen LogP contribution in [0, 0.1) is 5.92 Å². The number of aliphatic hydroxyl groups excluding tert-OH is 1. The SMILES string of the molecule is CCCCCCCCCCCCC(CCCCCCCCCCCC)C(=O)O[C@H]1[C@H](OP(=O)(Oc2ccccc2)Oc2ccccc2)[C@@H](COC(=O)CC(C)(C)NC(=O)OCc2ccccc2)OC[C@@H]1NC(=O)C[C@H](O)CCCCCCCCCCC. The molecule has 87 heavy (non-hydrogen) atoms. The number of carbonyl (C=O) groups is 4. The number of hydrogen-bond acceptors (Lipinski definition) is 13. The van der Waals surface area contributed by atoms with Crippen molar-refractivity contribution in [1.29, 1.82) is 0 Å². The first-order chi connectivity index (χ1) is 42.2. The van der Waals surface area contributed by atoms with E-state index in [4.69, 9.17) is 32.5 Å². The van der Waals surface area contributed by atoms with Crippen molar-refractivity contribution in [2.24, 2.45) is 5.92 Å². The topological polar surface area (TPSA) is 194 Å². The van der Waals surface area contributed by atoms with Gasteiger partial charge in [-0.25, -0.2) is 9.36 Å². The fourth-order valence-corrected chi connectivity index (χ4v) is 12.6. The molecule has 5 atom stereocenters. The molecular weight excluding hydrogens is 1120 g/mol. The zero-order valence-electron chi connectivity index (χ0n) is 54.1. The summed E-state index contributed by atoms with van der Waals surface area (Å²) in [5.41, 5.74) is -0.325. The van der Waals surface area contributed by atoms with Crippen molar-refractivity contribution in [2.75, 3.05) is 13.2 Å².